The second-order valence-corrected chi connectivity index (χ2v) is 11.0. The zero-order chi connectivity index (χ0) is 22.6. The van der Waals surface area contributed by atoms with Crippen molar-refractivity contribution in [3.05, 3.63) is 53.8 Å². The van der Waals surface area contributed by atoms with Gasteiger partial charge in [-0.1, -0.05) is 18.9 Å². The summed E-state index contributed by atoms with van der Waals surface area (Å²) in [5.41, 5.74) is -0.320. The maximum absolute atomic E-state index is 14.2. The molecule has 11 heteroatoms. The molecule has 1 amide bonds. The van der Waals surface area contributed by atoms with Gasteiger partial charge in [-0.25, -0.2) is 25.9 Å². The number of carbonyl (C=O) groups is 1. The largest absolute Gasteiger partial charge is 0.322 e. The molecule has 3 rings (SSSR count). The molecule has 0 spiro atoms. The first-order valence-electron chi connectivity index (χ1n) is 9.80. The van der Waals surface area contributed by atoms with Gasteiger partial charge in [-0.05, 0) is 56.3 Å². The van der Waals surface area contributed by atoms with E-state index in [0.29, 0.717) is 13.1 Å². The minimum Gasteiger partial charge on any atom is -0.322 e. The highest BCUT2D eigenvalue weighted by Crippen LogP contribution is 2.23. The third-order valence-corrected chi connectivity index (χ3v) is 8.36. The Morgan fingerprint density at radius 1 is 0.935 bits per heavy atom. The van der Waals surface area contributed by atoms with Crippen molar-refractivity contribution in [2.75, 3.05) is 25.5 Å². The first kappa shape index (κ1) is 23.3. The van der Waals surface area contributed by atoms with Gasteiger partial charge < -0.3 is 5.32 Å². The Bertz CT molecular complexity index is 1180. The van der Waals surface area contributed by atoms with Gasteiger partial charge in [-0.15, -0.1) is 0 Å². The van der Waals surface area contributed by atoms with E-state index < -0.39 is 37.3 Å². The SMILES string of the molecule is CNS(=O)(=O)c1ccc(F)c(C(=O)Nc2cccc(S(=O)(=O)N3CCCCCC3)c2)c1. The van der Waals surface area contributed by atoms with Crippen molar-refractivity contribution < 1.29 is 26.0 Å². The van der Waals surface area contributed by atoms with E-state index in [4.69, 9.17) is 0 Å². The van der Waals surface area contributed by atoms with Gasteiger partial charge >= 0.3 is 0 Å². The standard InChI is InChI=1S/C20H24FN3O5S2/c1-22-30(26,27)16-9-10-19(21)18(14-16)20(25)23-15-7-6-8-17(13-15)31(28,29)24-11-4-2-3-5-12-24/h6-10,13-14,22H,2-5,11-12H2,1H3,(H,23,25). The predicted octanol–water partition coefficient (Wildman–Crippen LogP) is 2.55. The van der Waals surface area contributed by atoms with E-state index in [1.807, 2.05) is 0 Å². The summed E-state index contributed by atoms with van der Waals surface area (Å²) in [5, 5.41) is 2.45. The van der Waals surface area contributed by atoms with Gasteiger partial charge in [-0.3, -0.25) is 4.79 Å². The van der Waals surface area contributed by atoms with Crippen LogP contribution in [0.25, 0.3) is 0 Å². The number of hydrogen-bond acceptors (Lipinski definition) is 5. The van der Waals surface area contributed by atoms with E-state index in [0.717, 1.165) is 43.9 Å². The zero-order valence-electron chi connectivity index (χ0n) is 17.0. The van der Waals surface area contributed by atoms with Crippen LogP contribution in [0.5, 0.6) is 0 Å². The summed E-state index contributed by atoms with van der Waals surface area (Å²) < 4.78 is 67.5. The Morgan fingerprint density at radius 2 is 1.61 bits per heavy atom. The Labute approximate surface area is 181 Å². The molecule has 8 nitrogen and oxygen atoms in total. The summed E-state index contributed by atoms with van der Waals surface area (Å²) in [5.74, 6) is -1.80. The highest BCUT2D eigenvalue weighted by Gasteiger charge is 2.25. The van der Waals surface area contributed by atoms with E-state index in [-0.39, 0.29) is 15.5 Å². The number of anilines is 1. The average Bonchev–Trinajstić information content (AvgIpc) is 3.04. The van der Waals surface area contributed by atoms with Gasteiger partial charge in [0.15, 0.2) is 0 Å². The number of hydrogen-bond donors (Lipinski definition) is 2. The minimum absolute atomic E-state index is 0.0270. The van der Waals surface area contributed by atoms with E-state index in [2.05, 4.69) is 10.0 Å². The predicted molar refractivity (Wildman–Crippen MR) is 114 cm³/mol. The van der Waals surface area contributed by atoms with Crippen LogP contribution in [-0.2, 0) is 20.0 Å². The molecule has 0 bridgehead atoms. The van der Waals surface area contributed by atoms with E-state index in [9.17, 15) is 26.0 Å². The van der Waals surface area contributed by atoms with Crippen LogP contribution in [0.2, 0.25) is 0 Å². The molecule has 31 heavy (non-hydrogen) atoms. The second kappa shape index (κ2) is 9.43. The molecule has 1 saturated heterocycles. The van der Waals surface area contributed by atoms with Gasteiger partial charge in [-0.2, -0.15) is 4.31 Å². The number of rotatable bonds is 6. The van der Waals surface area contributed by atoms with Crippen molar-refractivity contribution in [2.45, 2.75) is 35.5 Å². The van der Waals surface area contributed by atoms with Crippen LogP contribution in [0, 0.1) is 5.82 Å². The van der Waals surface area contributed by atoms with Gasteiger partial charge in [0.2, 0.25) is 20.0 Å². The first-order valence-corrected chi connectivity index (χ1v) is 12.7. The van der Waals surface area contributed by atoms with Crippen molar-refractivity contribution in [2.24, 2.45) is 0 Å². The van der Waals surface area contributed by atoms with Crippen molar-refractivity contribution in [3.8, 4) is 0 Å². The Hall–Kier alpha value is -2.34. The van der Waals surface area contributed by atoms with Crippen LogP contribution in [0.1, 0.15) is 36.0 Å². The van der Waals surface area contributed by atoms with Crippen LogP contribution in [-0.4, -0.2) is 47.2 Å². The van der Waals surface area contributed by atoms with Crippen molar-refractivity contribution in [1.29, 1.82) is 0 Å². The van der Waals surface area contributed by atoms with Crippen LogP contribution >= 0.6 is 0 Å². The number of benzene rings is 2. The molecule has 0 unspecified atom stereocenters. The molecule has 0 saturated carbocycles. The lowest BCUT2D eigenvalue weighted by Gasteiger charge is -2.20. The van der Waals surface area contributed by atoms with E-state index in [1.54, 1.807) is 0 Å². The lowest BCUT2D eigenvalue weighted by atomic mass is 10.2. The van der Waals surface area contributed by atoms with Gasteiger partial charge in [0.05, 0.1) is 15.4 Å². The summed E-state index contributed by atoms with van der Waals surface area (Å²) >= 11 is 0. The van der Waals surface area contributed by atoms with Crippen molar-refractivity contribution in [3.63, 3.8) is 0 Å². The van der Waals surface area contributed by atoms with Gasteiger partial charge in [0.1, 0.15) is 5.82 Å². The fraction of sp³-hybridized carbons (Fsp3) is 0.350. The molecular formula is C20H24FN3O5S2. The topological polar surface area (TPSA) is 113 Å². The Balaban J connectivity index is 1.86. The van der Waals surface area contributed by atoms with Gasteiger partial charge in [0.25, 0.3) is 5.91 Å². The van der Waals surface area contributed by atoms with Crippen LogP contribution in [0.15, 0.2) is 52.3 Å². The molecule has 1 fully saturated rings. The number of amides is 1. The highest BCUT2D eigenvalue weighted by atomic mass is 32.2. The summed E-state index contributed by atoms with van der Waals surface area (Å²) in [6.07, 6.45) is 3.55. The molecule has 1 heterocycles. The van der Waals surface area contributed by atoms with Crippen molar-refractivity contribution >= 4 is 31.6 Å². The monoisotopic (exact) mass is 469 g/mol. The summed E-state index contributed by atoms with van der Waals surface area (Å²) in [7, 11) is -6.39. The van der Waals surface area contributed by atoms with Crippen molar-refractivity contribution in [1.82, 2.24) is 9.03 Å². The fourth-order valence-corrected chi connectivity index (χ4v) is 5.65. The number of halogens is 1. The molecule has 0 atom stereocenters. The molecule has 1 aliphatic rings. The van der Waals surface area contributed by atoms with Crippen LogP contribution in [0.3, 0.4) is 0 Å². The first-order chi connectivity index (χ1) is 14.6. The molecule has 2 N–H and O–H groups in total. The molecule has 2 aromatic carbocycles. The normalized spacial score (nSPS) is 15.9. The molecular weight excluding hydrogens is 445 g/mol. The van der Waals surface area contributed by atoms with E-state index >= 15 is 0 Å². The molecule has 0 radical (unpaired) electrons. The number of sulfonamides is 2. The summed E-state index contributed by atoms with van der Waals surface area (Å²) in [6.45, 7) is 0.883. The third-order valence-electron chi connectivity index (χ3n) is 5.06. The number of carbonyl (C=O) groups excluding carboxylic acids is 1. The molecule has 2 aromatic rings. The third kappa shape index (κ3) is 5.29. The van der Waals surface area contributed by atoms with Gasteiger partial charge in [0, 0.05) is 18.8 Å². The molecule has 0 aliphatic carbocycles. The average molecular weight is 470 g/mol. The number of nitrogens with zero attached hydrogens (tertiary/aromatic N) is 1. The molecule has 1 aliphatic heterocycles. The Kier molecular flexibility index (Phi) is 7.10. The minimum atomic E-state index is -3.87. The summed E-state index contributed by atoms with van der Waals surface area (Å²) in [6, 6.07) is 8.57. The zero-order valence-corrected chi connectivity index (χ0v) is 18.6. The lowest BCUT2D eigenvalue weighted by Crippen LogP contribution is -2.32. The lowest BCUT2D eigenvalue weighted by molar-refractivity contribution is 0.102. The van der Waals surface area contributed by atoms with Crippen LogP contribution in [0.4, 0.5) is 10.1 Å². The maximum atomic E-state index is 14.2. The summed E-state index contributed by atoms with van der Waals surface area (Å²) in [4.78, 5) is 12.3. The number of nitrogens with one attached hydrogen (secondary N) is 2. The highest BCUT2D eigenvalue weighted by molar-refractivity contribution is 7.89. The smallest absolute Gasteiger partial charge is 0.258 e. The fourth-order valence-electron chi connectivity index (χ4n) is 3.33. The Morgan fingerprint density at radius 3 is 2.26 bits per heavy atom. The van der Waals surface area contributed by atoms with Crippen LogP contribution < -0.4 is 10.0 Å². The second-order valence-electron chi connectivity index (χ2n) is 7.15. The quantitative estimate of drug-likeness (QED) is 0.675. The molecule has 0 aromatic heterocycles. The van der Waals surface area contributed by atoms with E-state index in [1.165, 1.54) is 35.6 Å². The maximum Gasteiger partial charge on any atom is 0.258 e. The molecule has 168 valence electrons.